The van der Waals surface area contributed by atoms with Crippen LogP contribution in [0.5, 0.6) is 11.5 Å². The standard InChI is InChI=1S/C22H26ClFO2/c1-6-25-21-19(14-7-9-15(24)10-8-14)17(12-23)18(13(2)3)16-11-22(4,5)26-20(16)21/h7-10,13H,6,11-12H2,1-5H3. The van der Waals surface area contributed by atoms with Gasteiger partial charge in [-0.25, -0.2) is 4.39 Å². The number of hydrogen-bond acceptors (Lipinski definition) is 2. The van der Waals surface area contributed by atoms with Crippen molar-refractivity contribution in [2.45, 2.75) is 58.4 Å². The molecule has 0 bridgehead atoms. The molecule has 3 rings (SSSR count). The van der Waals surface area contributed by atoms with E-state index in [1.807, 2.05) is 6.92 Å². The zero-order valence-electron chi connectivity index (χ0n) is 16.1. The van der Waals surface area contributed by atoms with Gasteiger partial charge in [-0.1, -0.05) is 26.0 Å². The van der Waals surface area contributed by atoms with Crippen molar-refractivity contribution in [2.24, 2.45) is 0 Å². The smallest absolute Gasteiger partial charge is 0.169 e. The predicted octanol–water partition coefficient (Wildman–Crippen LogP) is 6.47. The van der Waals surface area contributed by atoms with E-state index in [1.165, 1.54) is 23.3 Å². The number of hydrogen-bond donors (Lipinski definition) is 0. The molecule has 0 saturated heterocycles. The van der Waals surface area contributed by atoms with Gasteiger partial charge in [0.25, 0.3) is 0 Å². The van der Waals surface area contributed by atoms with Gasteiger partial charge in [0.2, 0.25) is 0 Å². The molecule has 1 aliphatic rings. The predicted molar refractivity (Wildman–Crippen MR) is 105 cm³/mol. The summed E-state index contributed by atoms with van der Waals surface area (Å²) < 4.78 is 25.8. The molecule has 2 aromatic rings. The second-order valence-electron chi connectivity index (χ2n) is 7.67. The lowest BCUT2D eigenvalue weighted by Crippen LogP contribution is -2.25. The highest BCUT2D eigenvalue weighted by Crippen LogP contribution is 2.53. The third-order valence-corrected chi connectivity index (χ3v) is 5.04. The fourth-order valence-electron chi connectivity index (χ4n) is 3.89. The first kappa shape index (κ1) is 19.0. The molecule has 0 aliphatic carbocycles. The van der Waals surface area contributed by atoms with Gasteiger partial charge in [0.15, 0.2) is 11.5 Å². The summed E-state index contributed by atoms with van der Waals surface area (Å²) in [6.45, 7) is 11.0. The first-order valence-electron chi connectivity index (χ1n) is 9.14. The van der Waals surface area contributed by atoms with Crippen LogP contribution in [-0.4, -0.2) is 12.2 Å². The molecule has 0 fully saturated rings. The van der Waals surface area contributed by atoms with Crippen LogP contribution in [0.4, 0.5) is 4.39 Å². The maximum absolute atomic E-state index is 13.5. The molecule has 0 atom stereocenters. The van der Waals surface area contributed by atoms with Crippen LogP contribution in [0.15, 0.2) is 24.3 Å². The van der Waals surface area contributed by atoms with Gasteiger partial charge in [0, 0.05) is 23.4 Å². The molecule has 0 unspecified atom stereocenters. The van der Waals surface area contributed by atoms with Crippen molar-refractivity contribution in [3.63, 3.8) is 0 Å². The van der Waals surface area contributed by atoms with Gasteiger partial charge in [0.1, 0.15) is 11.4 Å². The number of halogens is 2. The largest absolute Gasteiger partial charge is 0.489 e. The van der Waals surface area contributed by atoms with E-state index in [-0.39, 0.29) is 11.4 Å². The van der Waals surface area contributed by atoms with E-state index >= 15 is 0 Å². The first-order chi connectivity index (χ1) is 12.3. The summed E-state index contributed by atoms with van der Waals surface area (Å²) in [5, 5.41) is 0. The number of fused-ring (bicyclic) bond motifs is 1. The molecule has 0 radical (unpaired) electrons. The highest BCUT2D eigenvalue weighted by Gasteiger charge is 2.38. The monoisotopic (exact) mass is 376 g/mol. The minimum Gasteiger partial charge on any atom is -0.489 e. The van der Waals surface area contributed by atoms with E-state index < -0.39 is 0 Å². The van der Waals surface area contributed by atoms with Gasteiger partial charge >= 0.3 is 0 Å². The molecule has 0 spiro atoms. The molecule has 2 nitrogen and oxygen atoms in total. The Morgan fingerprint density at radius 2 is 1.88 bits per heavy atom. The normalized spacial score (nSPS) is 15.1. The zero-order valence-corrected chi connectivity index (χ0v) is 16.8. The van der Waals surface area contributed by atoms with Gasteiger partial charge in [0.05, 0.1) is 6.61 Å². The van der Waals surface area contributed by atoms with Crippen molar-refractivity contribution < 1.29 is 13.9 Å². The van der Waals surface area contributed by atoms with Gasteiger partial charge in [-0.3, -0.25) is 0 Å². The third-order valence-electron chi connectivity index (χ3n) is 4.77. The third kappa shape index (κ3) is 3.29. The van der Waals surface area contributed by atoms with Crippen molar-refractivity contribution in [3.05, 3.63) is 46.8 Å². The van der Waals surface area contributed by atoms with Crippen LogP contribution in [-0.2, 0) is 12.3 Å². The minimum absolute atomic E-state index is 0.262. The van der Waals surface area contributed by atoms with Crippen LogP contribution in [0.1, 0.15) is 57.2 Å². The van der Waals surface area contributed by atoms with Crippen LogP contribution in [0.3, 0.4) is 0 Å². The average Bonchev–Trinajstić information content (AvgIpc) is 2.89. The summed E-state index contributed by atoms with van der Waals surface area (Å²) in [5.41, 5.74) is 4.99. The quantitative estimate of drug-likeness (QED) is 0.557. The molecule has 2 aromatic carbocycles. The molecule has 0 saturated carbocycles. The highest BCUT2D eigenvalue weighted by atomic mass is 35.5. The van der Waals surface area contributed by atoms with Crippen LogP contribution < -0.4 is 9.47 Å². The van der Waals surface area contributed by atoms with Crippen molar-refractivity contribution in [1.29, 1.82) is 0 Å². The van der Waals surface area contributed by atoms with E-state index in [9.17, 15) is 4.39 Å². The topological polar surface area (TPSA) is 18.5 Å². The fourth-order valence-corrected chi connectivity index (χ4v) is 4.17. The van der Waals surface area contributed by atoms with Gasteiger partial charge in [-0.15, -0.1) is 11.6 Å². The van der Waals surface area contributed by atoms with Crippen LogP contribution in [0.2, 0.25) is 0 Å². The Morgan fingerprint density at radius 3 is 2.42 bits per heavy atom. The molecule has 1 aliphatic heterocycles. The molecule has 0 amide bonds. The molecular weight excluding hydrogens is 351 g/mol. The number of benzene rings is 2. The van der Waals surface area contributed by atoms with Crippen molar-refractivity contribution >= 4 is 11.6 Å². The Morgan fingerprint density at radius 1 is 1.23 bits per heavy atom. The van der Waals surface area contributed by atoms with Gasteiger partial charge in [-0.2, -0.15) is 0 Å². The lowest BCUT2D eigenvalue weighted by molar-refractivity contribution is 0.132. The molecule has 0 aromatic heterocycles. The van der Waals surface area contributed by atoms with Crippen LogP contribution in [0.25, 0.3) is 11.1 Å². The Kier molecular flexibility index (Phi) is 5.21. The summed E-state index contributed by atoms with van der Waals surface area (Å²) in [4.78, 5) is 0. The molecule has 26 heavy (non-hydrogen) atoms. The Hall–Kier alpha value is -1.74. The number of alkyl halides is 1. The first-order valence-corrected chi connectivity index (χ1v) is 9.67. The molecule has 4 heteroatoms. The lowest BCUT2D eigenvalue weighted by atomic mass is 9.84. The average molecular weight is 377 g/mol. The second-order valence-corrected chi connectivity index (χ2v) is 7.94. The Bertz CT molecular complexity index is 810. The number of rotatable bonds is 5. The van der Waals surface area contributed by atoms with Crippen LogP contribution >= 0.6 is 11.6 Å². The Balaban J connectivity index is 2.38. The maximum Gasteiger partial charge on any atom is 0.169 e. The Labute approximate surface area is 160 Å². The van der Waals surface area contributed by atoms with Crippen molar-refractivity contribution in [3.8, 4) is 22.6 Å². The van der Waals surface area contributed by atoms with E-state index in [4.69, 9.17) is 21.1 Å². The summed E-state index contributed by atoms with van der Waals surface area (Å²) in [6, 6.07) is 6.49. The van der Waals surface area contributed by atoms with Gasteiger partial charge < -0.3 is 9.47 Å². The van der Waals surface area contributed by atoms with Crippen LogP contribution in [0, 0.1) is 5.82 Å². The molecule has 1 heterocycles. The van der Waals surface area contributed by atoms with E-state index in [1.54, 1.807) is 12.1 Å². The fraction of sp³-hybridized carbons (Fsp3) is 0.455. The second kappa shape index (κ2) is 7.11. The minimum atomic E-state index is -0.289. The zero-order chi connectivity index (χ0) is 19.1. The van der Waals surface area contributed by atoms with Crippen molar-refractivity contribution in [1.82, 2.24) is 0 Å². The SMILES string of the molecule is CCOc1c2c(c(C(C)C)c(CCl)c1-c1ccc(F)cc1)CC(C)(C)O2. The maximum atomic E-state index is 13.5. The lowest BCUT2D eigenvalue weighted by Gasteiger charge is -2.24. The van der Waals surface area contributed by atoms with E-state index in [0.717, 1.165) is 34.6 Å². The highest BCUT2D eigenvalue weighted by molar-refractivity contribution is 6.17. The summed E-state index contributed by atoms with van der Waals surface area (Å²) in [6.07, 6.45) is 0.823. The summed E-state index contributed by atoms with van der Waals surface area (Å²) in [5.74, 6) is 1.94. The van der Waals surface area contributed by atoms with Crippen molar-refractivity contribution in [2.75, 3.05) is 6.61 Å². The molecule has 140 valence electrons. The molecule has 0 N–H and O–H groups in total. The molecular formula is C22H26ClFO2. The van der Waals surface area contributed by atoms with Gasteiger partial charge in [-0.05, 0) is 55.5 Å². The summed E-state index contributed by atoms with van der Waals surface area (Å²) >= 11 is 6.44. The number of ether oxygens (including phenoxy) is 2. The van der Waals surface area contributed by atoms with E-state index in [0.29, 0.717) is 18.4 Å². The summed E-state index contributed by atoms with van der Waals surface area (Å²) in [7, 11) is 0. The van der Waals surface area contributed by atoms with E-state index in [2.05, 4.69) is 27.7 Å².